The van der Waals surface area contributed by atoms with Gasteiger partial charge in [-0.2, -0.15) is 0 Å². The predicted octanol–water partition coefficient (Wildman–Crippen LogP) is 2.49. The third-order valence-corrected chi connectivity index (χ3v) is 1.18. The van der Waals surface area contributed by atoms with Crippen molar-refractivity contribution in [1.29, 1.82) is 0 Å². The maximum absolute atomic E-state index is 7.99. The molecule has 0 spiro atoms. The highest BCUT2D eigenvalue weighted by atomic mass is 15.2. The minimum absolute atomic E-state index is 0.200. The van der Waals surface area contributed by atoms with Gasteiger partial charge in [-0.1, -0.05) is 25.9 Å². The molecule has 0 fully saturated rings. The van der Waals surface area contributed by atoms with Gasteiger partial charge < -0.3 is 0 Å². The Hall–Kier alpha value is -0.690. The first-order valence-corrected chi connectivity index (χ1v) is 2.68. The molecule has 3 nitrogen and oxygen atoms in total. The van der Waals surface area contributed by atoms with Crippen molar-refractivity contribution in [2.24, 2.45) is 5.11 Å². The monoisotopic (exact) mass is 113 g/mol. The van der Waals surface area contributed by atoms with E-state index in [4.69, 9.17) is 5.53 Å². The molecule has 0 atom stereocenters. The number of rotatable bonds is 2. The molecule has 0 rings (SSSR count). The zero-order valence-corrected chi connectivity index (χ0v) is 5.55. The minimum atomic E-state index is -0.200. The van der Waals surface area contributed by atoms with Crippen LogP contribution in [-0.4, -0.2) is 5.54 Å². The van der Waals surface area contributed by atoms with E-state index in [1.807, 2.05) is 20.8 Å². The fourth-order valence-electron chi connectivity index (χ4n) is 0.192. The Bertz CT molecular complexity index is 111. The summed E-state index contributed by atoms with van der Waals surface area (Å²) >= 11 is 0. The van der Waals surface area contributed by atoms with Crippen LogP contribution in [0.3, 0.4) is 0 Å². The largest absolute Gasteiger partial charge is 0.0879 e. The average molecular weight is 113 g/mol. The minimum Gasteiger partial charge on any atom is -0.0879 e. The Kier molecular flexibility index (Phi) is 2.35. The highest BCUT2D eigenvalue weighted by Gasteiger charge is 2.10. The van der Waals surface area contributed by atoms with Crippen LogP contribution in [0, 0.1) is 0 Å². The fraction of sp³-hybridized carbons (Fsp3) is 1.00. The second-order valence-electron chi connectivity index (χ2n) is 2.36. The molecule has 0 aromatic rings. The molecule has 0 aliphatic heterocycles. The lowest BCUT2D eigenvalue weighted by atomic mass is 10.0. The van der Waals surface area contributed by atoms with Crippen molar-refractivity contribution >= 4 is 0 Å². The van der Waals surface area contributed by atoms with Crippen LogP contribution in [0.5, 0.6) is 0 Å². The maximum Gasteiger partial charge on any atom is 0.0429 e. The molecule has 0 aliphatic carbocycles. The van der Waals surface area contributed by atoms with Gasteiger partial charge in [-0.05, 0) is 12.0 Å². The lowest BCUT2D eigenvalue weighted by molar-refractivity contribution is 0.499. The first-order valence-electron chi connectivity index (χ1n) is 2.68. The van der Waals surface area contributed by atoms with Crippen LogP contribution in [0.1, 0.15) is 27.2 Å². The third kappa shape index (κ3) is 2.48. The summed E-state index contributed by atoms with van der Waals surface area (Å²) in [6.45, 7) is 5.81. The number of hydrogen-bond acceptors (Lipinski definition) is 1. The lowest BCUT2D eigenvalue weighted by Crippen LogP contribution is -2.12. The Balaban J connectivity index is 3.90. The standard InChI is InChI=1S/C5H11N3/c1-4-5(2,3)7-8-6/h4H2,1-3H3. The molecule has 0 bridgehead atoms. The number of azide groups is 1. The first kappa shape index (κ1) is 7.31. The molecule has 0 aromatic carbocycles. The van der Waals surface area contributed by atoms with E-state index in [2.05, 4.69) is 10.0 Å². The molecule has 0 radical (unpaired) electrons. The predicted molar refractivity (Wildman–Crippen MR) is 33.5 cm³/mol. The lowest BCUT2D eigenvalue weighted by Gasteiger charge is -2.12. The van der Waals surface area contributed by atoms with E-state index in [1.165, 1.54) is 0 Å². The van der Waals surface area contributed by atoms with Gasteiger partial charge in [-0.25, -0.2) is 0 Å². The first-order chi connectivity index (χ1) is 3.62. The van der Waals surface area contributed by atoms with Gasteiger partial charge in [0, 0.05) is 10.5 Å². The van der Waals surface area contributed by atoms with Gasteiger partial charge in [0.25, 0.3) is 0 Å². The summed E-state index contributed by atoms with van der Waals surface area (Å²) in [4.78, 5) is 2.70. The summed E-state index contributed by atoms with van der Waals surface area (Å²) in [6, 6.07) is 0. The van der Waals surface area contributed by atoms with Crippen LogP contribution >= 0.6 is 0 Å². The van der Waals surface area contributed by atoms with Crippen molar-refractivity contribution < 1.29 is 0 Å². The number of hydrogen-bond donors (Lipinski definition) is 0. The summed E-state index contributed by atoms with van der Waals surface area (Å²) in [5, 5.41) is 3.56. The second-order valence-corrected chi connectivity index (χ2v) is 2.36. The Labute approximate surface area is 49.3 Å². The van der Waals surface area contributed by atoms with Crippen molar-refractivity contribution in [3.63, 3.8) is 0 Å². The molecule has 8 heavy (non-hydrogen) atoms. The van der Waals surface area contributed by atoms with Crippen molar-refractivity contribution in [2.75, 3.05) is 0 Å². The molecule has 0 aromatic heterocycles. The van der Waals surface area contributed by atoms with Gasteiger partial charge in [0.2, 0.25) is 0 Å². The molecule has 0 saturated heterocycles. The van der Waals surface area contributed by atoms with Crippen molar-refractivity contribution in [3.8, 4) is 0 Å². The zero-order valence-electron chi connectivity index (χ0n) is 5.55. The molecule has 46 valence electrons. The van der Waals surface area contributed by atoms with Crippen LogP contribution in [0.4, 0.5) is 0 Å². The zero-order chi connectivity index (χ0) is 6.62. The van der Waals surface area contributed by atoms with Crippen LogP contribution < -0.4 is 0 Å². The van der Waals surface area contributed by atoms with Crippen LogP contribution in [0.2, 0.25) is 0 Å². The van der Waals surface area contributed by atoms with E-state index in [-0.39, 0.29) is 5.54 Å². The molecule has 0 aliphatic rings. The van der Waals surface area contributed by atoms with Gasteiger partial charge in [-0.15, -0.1) is 0 Å². The molecular weight excluding hydrogens is 102 g/mol. The van der Waals surface area contributed by atoms with Gasteiger partial charge in [-0.3, -0.25) is 0 Å². The summed E-state index contributed by atoms with van der Waals surface area (Å²) in [7, 11) is 0. The third-order valence-electron chi connectivity index (χ3n) is 1.18. The average Bonchev–Trinajstić information content (AvgIpc) is 1.67. The van der Waals surface area contributed by atoms with Gasteiger partial charge in [0.1, 0.15) is 0 Å². The summed E-state index contributed by atoms with van der Waals surface area (Å²) < 4.78 is 0. The van der Waals surface area contributed by atoms with E-state index in [0.717, 1.165) is 6.42 Å². The Morgan fingerprint density at radius 1 is 1.62 bits per heavy atom. The van der Waals surface area contributed by atoms with Gasteiger partial charge >= 0.3 is 0 Å². The van der Waals surface area contributed by atoms with E-state index >= 15 is 0 Å². The second kappa shape index (κ2) is 2.58. The molecule has 0 unspecified atom stereocenters. The summed E-state index contributed by atoms with van der Waals surface area (Å²) in [5.41, 5.74) is 7.79. The quantitative estimate of drug-likeness (QED) is 0.300. The SMILES string of the molecule is CCC(C)(C)N=[N+]=[N-]. The topological polar surface area (TPSA) is 48.8 Å². The van der Waals surface area contributed by atoms with E-state index in [1.54, 1.807) is 0 Å². The van der Waals surface area contributed by atoms with E-state index < -0.39 is 0 Å². The van der Waals surface area contributed by atoms with Crippen molar-refractivity contribution in [1.82, 2.24) is 0 Å². The molecular formula is C5H11N3. The molecule has 0 N–H and O–H groups in total. The molecule has 3 heteroatoms. The molecule has 0 heterocycles. The number of nitrogens with zero attached hydrogens (tertiary/aromatic N) is 3. The van der Waals surface area contributed by atoms with Gasteiger partial charge in [0.15, 0.2) is 0 Å². The van der Waals surface area contributed by atoms with Crippen molar-refractivity contribution in [2.45, 2.75) is 32.7 Å². The van der Waals surface area contributed by atoms with Crippen molar-refractivity contribution in [3.05, 3.63) is 10.4 Å². The molecule has 0 saturated carbocycles. The van der Waals surface area contributed by atoms with Crippen LogP contribution in [0.25, 0.3) is 10.4 Å². The van der Waals surface area contributed by atoms with Crippen LogP contribution in [-0.2, 0) is 0 Å². The highest BCUT2D eigenvalue weighted by molar-refractivity contribution is 4.74. The normalized spacial score (nSPS) is 10.4. The molecule has 0 amide bonds. The maximum atomic E-state index is 7.99. The summed E-state index contributed by atoms with van der Waals surface area (Å²) in [6.07, 6.45) is 0.886. The fourth-order valence-corrected chi connectivity index (χ4v) is 0.192. The smallest absolute Gasteiger partial charge is 0.0429 e. The van der Waals surface area contributed by atoms with E-state index in [0.29, 0.717) is 0 Å². The highest BCUT2D eigenvalue weighted by Crippen LogP contribution is 2.12. The van der Waals surface area contributed by atoms with Crippen LogP contribution in [0.15, 0.2) is 5.11 Å². The summed E-state index contributed by atoms with van der Waals surface area (Å²) in [5.74, 6) is 0. The van der Waals surface area contributed by atoms with E-state index in [9.17, 15) is 0 Å². The van der Waals surface area contributed by atoms with Gasteiger partial charge in [0.05, 0.1) is 0 Å². The Morgan fingerprint density at radius 2 is 2.12 bits per heavy atom. The Morgan fingerprint density at radius 3 is 2.25 bits per heavy atom.